The third-order valence-electron chi connectivity index (χ3n) is 5.39. The molecule has 0 fully saturated rings. The van der Waals surface area contributed by atoms with E-state index in [1.165, 1.54) is 64.2 Å². The van der Waals surface area contributed by atoms with Crippen molar-refractivity contribution in [2.45, 2.75) is 96.9 Å². The number of unbranched alkanes of at least 4 members (excludes halogenated alkanes) is 11. The Morgan fingerprint density at radius 2 is 1.52 bits per heavy atom. The van der Waals surface area contributed by atoms with Gasteiger partial charge >= 0.3 is 0 Å². The molecule has 164 valence electrons. The summed E-state index contributed by atoms with van der Waals surface area (Å²) >= 11 is 0. The molecule has 0 bridgehead atoms. The van der Waals surface area contributed by atoms with Gasteiger partial charge in [-0.2, -0.15) is 0 Å². The van der Waals surface area contributed by atoms with Crippen LogP contribution >= 0.6 is 0 Å². The standard InChI is InChI=1S/C25H42N2O2/c1-3-4-5-6-7-8-9-10-11-12-13-16-19-26-25(29)24(21-28)27-20-23-18-15-14-17-22(23)2/h14-15,17-18,20,24,28H,3-13,16,19,21H2,1-2H3,(H,26,29). The Morgan fingerprint density at radius 1 is 0.966 bits per heavy atom. The van der Waals surface area contributed by atoms with E-state index in [1.807, 2.05) is 31.2 Å². The number of aliphatic hydroxyl groups is 1. The number of hydrogen-bond acceptors (Lipinski definition) is 3. The number of carbonyl (C=O) groups is 1. The second-order valence-electron chi connectivity index (χ2n) is 8.01. The van der Waals surface area contributed by atoms with Crippen LogP contribution in [0.3, 0.4) is 0 Å². The van der Waals surface area contributed by atoms with Crippen molar-refractivity contribution < 1.29 is 9.90 Å². The minimum absolute atomic E-state index is 0.194. The van der Waals surface area contributed by atoms with Crippen LogP contribution in [0.5, 0.6) is 0 Å². The maximum atomic E-state index is 12.2. The monoisotopic (exact) mass is 402 g/mol. The molecule has 0 heterocycles. The van der Waals surface area contributed by atoms with E-state index in [1.54, 1.807) is 6.21 Å². The van der Waals surface area contributed by atoms with Gasteiger partial charge in [-0.05, 0) is 24.5 Å². The van der Waals surface area contributed by atoms with Gasteiger partial charge in [-0.1, -0.05) is 102 Å². The number of rotatable bonds is 17. The van der Waals surface area contributed by atoms with Crippen LogP contribution in [-0.2, 0) is 4.79 Å². The van der Waals surface area contributed by atoms with E-state index in [4.69, 9.17) is 0 Å². The van der Waals surface area contributed by atoms with Gasteiger partial charge in [0, 0.05) is 12.8 Å². The van der Waals surface area contributed by atoms with Crippen molar-refractivity contribution in [2.75, 3.05) is 13.2 Å². The second-order valence-corrected chi connectivity index (χ2v) is 8.01. The maximum Gasteiger partial charge on any atom is 0.247 e. The Hall–Kier alpha value is -1.68. The Balaban J connectivity index is 2.05. The Bertz CT molecular complexity index is 572. The SMILES string of the molecule is CCCCCCCCCCCCCCNC(=O)C(CO)N=Cc1ccccc1C. The first-order valence-electron chi connectivity index (χ1n) is 11.7. The van der Waals surface area contributed by atoms with Gasteiger partial charge in [0.15, 0.2) is 6.04 Å². The summed E-state index contributed by atoms with van der Waals surface area (Å²) in [5.41, 5.74) is 2.07. The number of aryl methyl sites for hydroxylation is 1. The summed E-state index contributed by atoms with van der Waals surface area (Å²) in [4.78, 5) is 16.5. The van der Waals surface area contributed by atoms with Crippen molar-refractivity contribution in [3.8, 4) is 0 Å². The molecule has 1 unspecified atom stereocenters. The van der Waals surface area contributed by atoms with E-state index in [0.717, 1.165) is 24.0 Å². The molecule has 4 nitrogen and oxygen atoms in total. The first kappa shape index (κ1) is 25.4. The van der Waals surface area contributed by atoms with Gasteiger partial charge in [-0.3, -0.25) is 9.79 Å². The molecule has 0 aliphatic rings. The highest BCUT2D eigenvalue weighted by atomic mass is 16.3. The molecule has 1 atom stereocenters. The van der Waals surface area contributed by atoms with E-state index in [2.05, 4.69) is 17.2 Å². The molecule has 1 aromatic rings. The van der Waals surface area contributed by atoms with Crippen molar-refractivity contribution in [1.82, 2.24) is 5.32 Å². The van der Waals surface area contributed by atoms with Crippen LogP contribution < -0.4 is 5.32 Å². The van der Waals surface area contributed by atoms with Crippen LogP contribution in [0, 0.1) is 6.92 Å². The van der Waals surface area contributed by atoms with E-state index < -0.39 is 6.04 Å². The van der Waals surface area contributed by atoms with E-state index >= 15 is 0 Å². The molecule has 0 spiro atoms. The lowest BCUT2D eigenvalue weighted by Crippen LogP contribution is -2.36. The number of hydrogen-bond donors (Lipinski definition) is 2. The van der Waals surface area contributed by atoms with Gasteiger partial charge < -0.3 is 10.4 Å². The van der Waals surface area contributed by atoms with Crippen LogP contribution in [0.1, 0.15) is 95.1 Å². The fourth-order valence-corrected chi connectivity index (χ4v) is 3.40. The number of aliphatic imine (C=N–C) groups is 1. The molecular weight excluding hydrogens is 360 g/mol. The molecule has 0 aliphatic carbocycles. The van der Waals surface area contributed by atoms with Gasteiger partial charge in [0.05, 0.1) is 6.61 Å². The fourth-order valence-electron chi connectivity index (χ4n) is 3.40. The van der Waals surface area contributed by atoms with Crippen molar-refractivity contribution in [1.29, 1.82) is 0 Å². The van der Waals surface area contributed by atoms with Crippen molar-refractivity contribution >= 4 is 12.1 Å². The minimum atomic E-state index is -0.730. The molecule has 0 aliphatic heterocycles. The van der Waals surface area contributed by atoms with Gasteiger partial charge in [0.2, 0.25) is 5.91 Å². The topological polar surface area (TPSA) is 61.7 Å². The van der Waals surface area contributed by atoms with E-state index in [9.17, 15) is 9.90 Å². The number of nitrogens with one attached hydrogen (secondary N) is 1. The predicted molar refractivity (Wildman–Crippen MR) is 124 cm³/mol. The number of amides is 1. The number of nitrogens with zero attached hydrogens (tertiary/aromatic N) is 1. The fraction of sp³-hybridized carbons (Fsp3) is 0.680. The van der Waals surface area contributed by atoms with Crippen LogP contribution in [0.4, 0.5) is 0 Å². The lowest BCUT2D eigenvalue weighted by atomic mass is 10.1. The Morgan fingerprint density at radius 3 is 2.07 bits per heavy atom. The highest BCUT2D eigenvalue weighted by Crippen LogP contribution is 2.11. The summed E-state index contributed by atoms with van der Waals surface area (Å²) < 4.78 is 0. The average molecular weight is 403 g/mol. The van der Waals surface area contributed by atoms with Gasteiger partial charge in [0.25, 0.3) is 0 Å². The zero-order chi connectivity index (χ0) is 21.2. The van der Waals surface area contributed by atoms with Crippen LogP contribution in [0.2, 0.25) is 0 Å². The van der Waals surface area contributed by atoms with Crippen molar-refractivity contribution in [3.63, 3.8) is 0 Å². The van der Waals surface area contributed by atoms with Crippen molar-refractivity contribution in [3.05, 3.63) is 35.4 Å². The minimum Gasteiger partial charge on any atom is -0.394 e. The molecule has 4 heteroatoms. The molecule has 0 radical (unpaired) electrons. The summed E-state index contributed by atoms with van der Waals surface area (Å²) in [5, 5.41) is 12.4. The molecule has 1 amide bonds. The molecular formula is C25H42N2O2. The Labute approximate surface area is 178 Å². The first-order valence-corrected chi connectivity index (χ1v) is 11.7. The summed E-state index contributed by atoms with van der Waals surface area (Å²) in [5.74, 6) is -0.194. The van der Waals surface area contributed by atoms with Gasteiger partial charge in [0.1, 0.15) is 0 Å². The lowest BCUT2D eigenvalue weighted by Gasteiger charge is -2.10. The zero-order valence-corrected chi connectivity index (χ0v) is 18.7. The molecule has 0 aromatic heterocycles. The molecule has 0 saturated heterocycles. The Kier molecular flexibility index (Phi) is 15.0. The lowest BCUT2D eigenvalue weighted by molar-refractivity contribution is -0.123. The average Bonchev–Trinajstić information content (AvgIpc) is 2.73. The highest BCUT2D eigenvalue weighted by Gasteiger charge is 2.14. The summed E-state index contributed by atoms with van der Waals surface area (Å²) in [6.07, 6.45) is 17.3. The third kappa shape index (κ3) is 12.5. The molecule has 2 N–H and O–H groups in total. The molecule has 1 rings (SSSR count). The van der Waals surface area contributed by atoms with Crippen LogP contribution in [0.15, 0.2) is 29.3 Å². The smallest absolute Gasteiger partial charge is 0.247 e. The first-order chi connectivity index (χ1) is 14.2. The van der Waals surface area contributed by atoms with E-state index in [0.29, 0.717) is 6.54 Å². The highest BCUT2D eigenvalue weighted by molar-refractivity contribution is 5.87. The molecule has 29 heavy (non-hydrogen) atoms. The van der Waals surface area contributed by atoms with Crippen LogP contribution in [-0.4, -0.2) is 36.4 Å². The maximum absolute atomic E-state index is 12.2. The normalized spacial score (nSPS) is 12.4. The van der Waals surface area contributed by atoms with Gasteiger partial charge in [-0.15, -0.1) is 0 Å². The molecule has 0 saturated carbocycles. The number of carbonyl (C=O) groups excluding carboxylic acids is 1. The van der Waals surface area contributed by atoms with E-state index in [-0.39, 0.29) is 12.5 Å². The summed E-state index contributed by atoms with van der Waals surface area (Å²) in [6, 6.07) is 7.14. The van der Waals surface area contributed by atoms with Crippen LogP contribution in [0.25, 0.3) is 0 Å². The quantitative estimate of drug-likeness (QED) is 0.263. The second kappa shape index (κ2) is 17.2. The largest absolute Gasteiger partial charge is 0.394 e. The summed E-state index contributed by atoms with van der Waals surface area (Å²) in [7, 11) is 0. The number of aliphatic hydroxyl groups excluding tert-OH is 1. The number of benzene rings is 1. The zero-order valence-electron chi connectivity index (χ0n) is 18.7. The predicted octanol–water partition coefficient (Wildman–Crippen LogP) is 5.59. The van der Waals surface area contributed by atoms with Crippen molar-refractivity contribution in [2.24, 2.45) is 4.99 Å². The molecule has 1 aromatic carbocycles. The van der Waals surface area contributed by atoms with Gasteiger partial charge in [-0.25, -0.2) is 0 Å². The summed E-state index contributed by atoms with van der Waals surface area (Å²) in [6.45, 7) is 4.65. The third-order valence-corrected chi connectivity index (χ3v) is 5.39.